The minimum Gasteiger partial charge on any atom is -0.508 e. The molecule has 0 radical (unpaired) electrons. The van der Waals surface area contributed by atoms with Gasteiger partial charge < -0.3 is 9.84 Å². The van der Waals surface area contributed by atoms with Gasteiger partial charge in [-0.2, -0.15) is 0 Å². The van der Waals surface area contributed by atoms with E-state index < -0.39 is 12.1 Å². The van der Waals surface area contributed by atoms with Crippen LogP contribution in [0.4, 0.5) is 13.2 Å². The zero-order valence-corrected chi connectivity index (χ0v) is 12.2. The Labute approximate surface area is 130 Å². The molecule has 0 aliphatic carbocycles. The Morgan fingerprint density at radius 3 is 2.30 bits per heavy atom. The van der Waals surface area contributed by atoms with E-state index in [1.165, 1.54) is 12.1 Å². The maximum atomic E-state index is 12.4. The van der Waals surface area contributed by atoms with Crippen LogP contribution in [-0.2, 0) is 0 Å². The average Bonchev–Trinajstić information content (AvgIpc) is 2.45. The van der Waals surface area contributed by atoms with Crippen LogP contribution < -0.4 is 4.74 Å². The normalized spacial score (nSPS) is 11.7. The Bertz CT molecular complexity index is 870. The Morgan fingerprint density at radius 1 is 0.913 bits per heavy atom. The van der Waals surface area contributed by atoms with Gasteiger partial charge in [0.15, 0.2) is 0 Å². The van der Waals surface area contributed by atoms with Crippen molar-refractivity contribution in [3.05, 3.63) is 60.2 Å². The monoisotopic (exact) mass is 318 g/mol. The molecule has 0 atom stereocenters. The summed E-state index contributed by atoms with van der Waals surface area (Å²) < 4.78 is 41.1. The molecule has 0 unspecified atom stereocenters. The van der Waals surface area contributed by atoms with Crippen LogP contribution in [-0.4, -0.2) is 11.5 Å². The Kier molecular flexibility index (Phi) is 3.64. The van der Waals surface area contributed by atoms with Crippen molar-refractivity contribution in [3.63, 3.8) is 0 Å². The molecule has 1 N–H and O–H groups in total. The maximum absolute atomic E-state index is 12.4. The summed E-state index contributed by atoms with van der Waals surface area (Å²) in [6.07, 6.45) is -4.81. The van der Waals surface area contributed by atoms with Gasteiger partial charge in [0, 0.05) is 6.07 Å². The van der Waals surface area contributed by atoms with Gasteiger partial charge in [0.1, 0.15) is 11.5 Å². The zero-order chi connectivity index (χ0) is 16.6. The molecule has 0 aliphatic heterocycles. The second kappa shape index (κ2) is 5.50. The molecule has 0 amide bonds. The maximum Gasteiger partial charge on any atom is 0.573 e. The molecular formula is C18H13F3O2. The SMILES string of the molecule is Cc1ccc(-c2cc(O)cc(OC(F)(F)F)c2)c2ccccc12. The van der Waals surface area contributed by atoms with Crippen LogP contribution in [0.1, 0.15) is 5.56 Å². The fourth-order valence-corrected chi connectivity index (χ4v) is 2.63. The molecule has 3 rings (SSSR count). The van der Waals surface area contributed by atoms with Crippen molar-refractivity contribution in [2.45, 2.75) is 13.3 Å². The van der Waals surface area contributed by atoms with Gasteiger partial charge in [-0.15, -0.1) is 13.2 Å². The molecule has 0 aromatic heterocycles. The fraction of sp³-hybridized carbons (Fsp3) is 0.111. The predicted molar refractivity (Wildman–Crippen MR) is 82.5 cm³/mol. The summed E-state index contributed by atoms with van der Waals surface area (Å²) in [5, 5.41) is 11.6. The van der Waals surface area contributed by atoms with Gasteiger partial charge in [-0.3, -0.25) is 0 Å². The first kappa shape index (κ1) is 15.2. The van der Waals surface area contributed by atoms with Crippen molar-refractivity contribution in [2.75, 3.05) is 0 Å². The lowest BCUT2D eigenvalue weighted by Crippen LogP contribution is -2.17. The Morgan fingerprint density at radius 2 is 1.61 bits per heavy atom. The highest BCUT2D eigenvalue weighted by Crippen LogP contribution is 2.36. The van der Waals surface area contributed by atoms with Crippen molar-refractivity contribution >= 4 is 10.8 Å². The summed E-state index contributed by atoms with van der Waals surface area (Å²) in [6, 6.07) is 14.9. The van der Waals surface area contributed by atoms with Gasteiger partial charge >= 0.3 is 6.36 Å². The number of phenolic OH excluding ortho intramolecular Hbond substituents is 1. The highest BCUT2D eigenvalue weighted by Gasteiger charge is 2.31. The quantitative estimate of drug-likeness (QED) is 0.683. The van der Waals surface area contributed by atoms with Crippen molar-refractivity contribution in [1.82, 2.24) is 0 Å². The van der Waals surface area contributed by atoms with E-state index in [0.717, 1.165) is 28.0 Å². The summed E-state index contributed by atoms with van der Waals surface area (Å²) in [5.74, 6) is -0.733. The van der Waals surface area contributed by atoms with Crippen LogP contribution in [0.15, 0.2) is 54.6 Å². The number of rotatable bonds is 2. The van der Waals surface area contributed by atoms with E-state index in [4.69, 9.17) is 0 Å². The van der Waals surface area contributed by atoms with Crippen molar-refractivity contribution in [2.24, 2.45) is 0 Å². The second-order valence-electron chi connectivity index (χ2n) is 5.24. The van der Waals surface area contributed by atoms with Gasteiger partial charge in [-0.1, -0.05) is 36.4 Å². The molecule has 0 spiro atoms. The molecule has 0 heterocycles. The largest absolute Gasteiger partial charge is 0.573 e. The number of hydrogen-bond donors (Lipinski definition) is 1. The zero-order valence-electron chi connectivity index (χ0n) is 12.2. The van der Waals surface area contributed by atoms with E-state index in [1.54, 1.807) is 0 Å². The number of fused-ring (bicyclic) bond motifs is 1. The number of aromatic hydroxyl groups is 1. The lowest BCUT2D eigenvalue weighted by atomic mass is 9.95. The summed E-state index contributed by atoms with van der Waals surface area (Å²) in [5.41, 5.74) is 2.26. The number of aryl methyl sites for hydroxylation is 1. The molecule has 3 aromatic carbocycles. The minimum atomic E-state index is -4.81. The number of alkyl halides is 3. The van der Waals surface area contributed by atoms with Crippen LogP contribution in [0.3, 0.4) is 0 Å². The standard InChI is InChI=1S/C18H13F3O2/c1-11-6-7-16(17-5-3-2-4-15(11)17)12-8-13(22)10-14(9-12)23-18(19,20)21/h2-10,22H,1H3. The lowest BCUT2D eigenvalue weighted by molar-refractivity contribution is -0.274. The van der Waals surface area contributed by atoms with E-state index >= 15 is 0 Å². The molecule has 0 saturated heterocycles. The van der Waals surface area contributed by atoms with E-state index in [-0.39, 0.29) is 5.75 Å². The molecule has 0 aliphatic rings. The van der Waals surface area contributed by atoms with Crippen LogP contribution in [0, 0.1) is 6.92 Å². The average molecular weight is 318 g/mol. The molecule has 3 aromatic rings. The molecule has 0 saturated carbocycles. The first-order valence-corrected chi connectivity index (χ1v) is 6.92. The predicted octanol–water partition coefficient (Wildman–Crippen LogP) is 5.42. The van der Waals surface area contributed by atoms with Crippen molar-refractivity contribution in [1.29, 1.82) is 0 Å². The Hall–Kier alpha value is -2.69. The topological polar surface area (TPSA) is 29.5 Å². The minimum absolute atomic E-state index is 0.286. The fourth-order valence-electron chi connectivity index (χ4n) is 2.63. The third-order valence-electron chi connectivity index (χ3n) is 3.58. The summed E-state index contributed by atoms with van der Waals surface area (Å²) in [4.78, 5) is 0. The molecule has 118 valence electrons. The molecule has 23 heavy (non-hydrogen) atoms. The first-order chi connectivity index (χ1) is 10.8. The van der Waals surface area contributed by atoms with Gasteiger partial charge in [0.25, 0.3) is 0 Å². The number of benzene rings is 3. The highest BCUT2D eigenvalue weighted by atomic mass is 19.4. The smallest absolute Gasteiger partial charge is 0.508 e. The Balaban J connectivity index is 2.18. The third-order valence-corrected chi connectivity index (χ3v) is 3.58. The van der Waals surface area contributed by atoms with Gasteiger partial charge in [-0.05, 0) is 46.5 Å². The number of hydrogen-bond acceptors (Lipinski definition) is 2. The molecule has 2 nitrogen and oxygen atoms in total. The number of ether oxygens (including phenoxy) is 1. The van der Waals surface area contributed by atoms with E-state index in [9.17, 15) is 18.3 Å². The van der Waals surface area contributed by atoms with Crippen molar-refractivity contribution < 1.29 is 23.0 Å². The molecule has 0 fully saturated rings. The van der Waals surface area contributed by atoms with Crippen LogP contribution in [0.2, 0.25) is 0 Å². The van der Waals surface area contributed by atoms with E-state index in [0.29, 0.717) is 5.56 Å². The summed E-state index contributed by atoms with van der Waals surface area (Å²) in [6.45, 7) is 1.97. The van der Waals surface area contributed by atoms with Gasteiger partial charge in [0.2, 0.25) is 0 Å². The van der Waals surface area contributed by atoms with Gasteiger partial charge in [0.05, 0.1) is 0 Å². The van der Waals surface area contributed by atoms with E-state index in [1.807, 2.05) is 43.3 Å². The summed E-state index contributed by atoms with van der Waals surface area (Å²) >= 11 is 0. The first-order valence-electron chi connectivity index (χ1n) is 6.92. The molecule has 5 heteroatoms. The van der Waals surface area contributed by atoms with Crippen LogP contribution in [0.5, 0.6) is 11.5 Å². The van der Waals surface area contributed by atoms with Crippen LogP contribution in [0.25, 0.3) is 21.9 Å². The van der Waals surface area contributed by atoms with Crippen molar-refractivity contribution in [3.8, 4) is 22.6 Å². The van der Waals surface area contributed by atoms with Crippen LogP contribution >= 0.6 is 0 Å². The van der Waals surface area contributed by atoms with E-state index in [2.05, 4.69) is 4.74 Å². The summed E-state index contributed by atoms with van der Waals surface area (Å²) in [7, 11) is 0. The number of halogens is 3. The number of phenols is 1. The lowest BCUT2D eigenvalue weighted by Gasteiger charge is -2.13. The van der Waals surface area contributed by atoms with Gasteiger partial charge in [-0.25, -0.2) is 0 Å². The second-order valence-corrected chi connectivity index (χ2v) is 5.24. The third kappa shape index (κ3) is 3.23. The highest BCUT2D eigenvalue weighted by molar-refractivity contribution is 5.98. The molecular weight excluding hydrogens is 305 g/mol. The molecule has 0 bridgehead atoms.